The minimum atomic E-state index is -0.0333. The number of benzene rings is 1. The molecule has 0 unspecified atom stereocenters. The molecule has 0 heterocycles. The van der Waals surface area contributed by atoms with Gasteiger partial charge in [-0.2, -0.15) is 0 Å². The summed E-state index contributed by atoms with van der Waals surface area (Å²) in [5, 5.41) is 3.10. The third kappa shape index (κ3) is 2.56. The number of ether oxygens (including phenoxy) is 1. The maximum absolute atomic E-state index is 12.3. The van der Waals surface area contributed by atoms with E-state index in [9.17, 15) is 4.79 Å². The Morgan fingerprint density at radius 2 is 2.18 bits per heavy atom. The van der Waals surface area contributed by atoms with Gasteiger partial charge in [-0.05, 0) is 60.9 Å². The van der Waals surface area contributed by atoms with Crippen LogP contribution in [0.3, 0.4) is 0 Å². The molecule has 0 saturated heterocycles. The van der Waals surface area contributed by atoms with Crippen LogP contribution in [0.25, 0.3) is 0 Å². The van der Waals surface area contributed by atoms with Crippen molar-refractivity contribution in [2.45, 2.75) is 31.7 Å². The third-order valence-electron chi connectivity index (χ3n) is 3.29. The Hall–Kier alpha value is -0.780. The summed E-state index contributed by atoms with van der Waals surface area (Å²) in [5.74, 6) is 0.603. The van der Waals surface area contributed by atoms with E-state index in [-0.39, 0.29) is 11.4 Å². The number of hydrogen-bond donors (Lipinski definition) is 1. The number of carbonyl (C=O) groups is 1. The number of hydrogen-bond acceptors (Lipinski definition) is 2. The molecule has 2 rings (SSSR count). The molecule has 1 aromatic carbocycles. The van der Waals surface area contributed by atoms with Crippen LogP contribution in [0.1, 0.15) is 36.5 Å². The molecule has 92 valence electrons. The van der Waals surface area contributed by atoms with Gasteiger partial charge >= 0.3 is 0 Å². The molecule has 1 fully saturated rings. The lowest BCUT2D eigenvalue weighted by Gasteiger charge is -2.39. The molecule has 1 aliphatic carbocycles. The second-order valence-electron chi connectivity index (χ2n) is 4.69. The molecule has 3 nitrogen and oxygen atoms in total. The molecule has 4 heteroatoms. The second-order valence-corrected chi connectivity index (χ2v) is 5.85. The zero-order valence-electron chi connectivity index (χ0n) is 10.0. The van der Waals surface area contributed by atoms with Gasteiger partial charge in [0.2, 0.25) is 0 Å². The SMILES string of the molecule is COc1cccc(I)c1C(=O)NC1(C)CCC1. The van der Waals surface area contributed by atoms with Crippen molar-refractivity contribution in [2.75, 3.05) is 7.11 Å². The quantitative estimate of drug-likeness (QED) is 0.856. The molecular weight excluding hydrogens is 329 g/mol. The Bertz CT molecular complexity index is 441. The van der Waals surface area contributed by atoms with Gasteiger partial charge in [-0.3, -0.25) is 4.79 Å². The predicted molar refractivity (Wildman–Crippen MR) is 75.4 cm³/mol. The van der Waals surface area contributed by atoms with E-state index in [0.29, 0.717) is 11.3 Å². The zero-order valence-corrected chi connectivity index (χ0v) is 12.2. The van der Waals surface area contributed by atoms with Crippen LogP contribution in [0.15, 0.2) is 18.2 Å². The van der Waals surface area contributed by atoms with Crippen molar-refractivity contribution >= 4 is 28.5 Å². The molecule has 1 saturated carbocycles. The Morgan fingerprint density at radius 1 is 1.47 bits per heavy atom. The summed E-state index contributed by atoms with van der Waals surface area (Å²) in [6, 6.07) is 5.63. The molecule has 0 spiro atoms. The highest BCUT2D eigenvalue weighted by Crippen LogP contribution is 2.32. The first-order valence-corrected chi connectivity index (χ1v) is 6.79. The third-order valence-corrected chi connectivity index (χ3v) is 4.19. The van der Waals surface area contributed by atoms with Gasteiger partial charge in [0.25, 0.3) is 5.91 Å². The summed E-state index contributed by atoms with van der Waals surface area (Å²) >= 11 is 2.17. The highest BCUT2D eigenvalue weighted by molar-refractivity contribution is 14.1. The van der Waals surface area contributed by atoms with Crippen LogP contribution in [0, 0.1) is 3.57 Å². The van der Waals surface area contributed by atoms with Gasteiger partial charge in [0.05, 0.1) is 12.7 Å². The van der Waals surface area contributed by atoms with Gasteiger partial charge in [-0.25, -0.2) is 0 Å². The minimum absolute atomic E-state index is 0.0268. The topological polar surface area (TPSA) is 38.3 Å². The molecule has 0 bridgehead atoms. The molecule has 1 amide bonds. The van der Waals surface area contributed by atoms with Gasteiger partial charge in [0, 0.05) is 9.11 Å². The van der Waals surface area contributed by atoms with Crippen molar-refractivity contribution in [2.24, 2.45) is 0 Å². The van der Waals surface area contributed by atoms with E-state index in [1.165, 1.54) is 6.42 Å². The fourth-order valence-corrected chi connectivity index (χ4v) is 2.78. The highest BCUT2D eigenvalue weighted by Gasteiger charge is 2.34. The van der Waals surface area contributed by atoms with Gasteiger partial charge < -0.3 is 10.1 Å². The van der Waals surface area contributed by atoms with Crippen molar-refractivity contribution in [3.05, 3.63) is 27.3 Å². The minimum Gasteiger partial charge on any atom is -0.496 e. The molecule has 0 aliphatic heterocycles. The number of halogens is 1. The number of nitrogens with one attached hydrogen (secondary N) is 1. The van der Waals surface area contributed by atoms with E-state index < -0.39 is 0 Å². The Labute approximate surface area is 115 Å². The van der Waals surface area contributed by atoms with Crippen molar-refractivity contribution in [3.63, 3.8) is 0 Å². The van der Waals surface area contributed by atoms with Crippen LogP contribution in [0.5, 0.6) is 5.75 Å². The zero-order chi connectivity index (χ0) is 12.5. The maximum atomic E-state index is 12.3. The summed E-state index contributed by atoms with van der Waals surface area (Å²) in [6.07, 6.45) is 3.31. The van der Waals surface area contributed by atoms with Crippen LogP contribution in [0.4, 0.5) is 0 Å². The predicted octanol–water partition coefficient (Wildman–Crippen LogP) is 2.97. The lowest BCUT2D eigenvalue weighted by atomic mass is 9.78. The van der Waals surface area contributed by atoms with Gasteiger partial charge in [-0.15, -0.1) is 0 Å². The van der Waals surface area contributed by atoms with E-state index in [0.717, 1.165) is 16.4 Å². The molecule has 1 aliphatic rings. The Kier molecular flexibility index (Phi) is 3.61. The number of rotatable bonds is 3. The van der Waals surface area contributed by atoms with E-state index in [4.69, 9.17) is 4.74 Å². The summed E-state index contributed by atoms with van der Waals surface area (Å²) in [7, 11) is 1.59. The first-order valence-electron chi connectivity index (χ1n) is 5.71. The fourth-order valence-electron chi connectivity index (χ4n) is 2.06. The molecule has 0 radical (unpaired) electrons. The summed E-state index contributed by atoms with van der Waals surface area (Å²) in [5.41, 5.74) is 0.616. The number of amides is 1. The number of carbonyl (C=O) groups excluding carboxylic acids is 1. The van der Waals surface area contributed by atoms with Crippen molar-refractivity contribution in [3.8, 4) is 5.75 Å². The van der Waals surface area contributed by atoms with Crippen molar-refractivity contribution in [1.29, 1.82) is 0 Å². The fraction of sp³-hybridized carbons (Fsp3) is 0.462. The molecule has 17 heavy (non-hydrogen) atoms. The number of methoxy groups -OCH3 is 1. The van der Waals surface area contributed by atoms with Crippen LogP contribution in [-0.2, 0) is 0 Å². The average molecular weight is 345 g/mol. The molecule has 1 N–H and O–H groups in total. The van der Waals surface area contributed by atoms with Crippen LogP contribution < -0.4 is 10.1 Å². The standard InChI is InChI=1S/C13H16INO2/c1-13(7-4-8-13)15-12(16)11-9(14)5-3-6-10(11)17-2/h3,5-6H,4,7-8H2,1-2H3,(H,15,16). The van der Waals surface area contributed by atoms with Crippen LogP contribution in [-0.4, -0.2) is 18.6 Å². The normalized spacial score (nSPS) is 17.1. The first kappa shape index (κ1) is 12.7. The van der Waals surface area contributed by atoms with Crippen molar-refractivity contribution < 1.29 is 9.53 Å². The lowest BCUT2D eigenvalue weighted by Crippen LogP contribution is -2.51. The maximum Gasteiger partial charge on any atom is 0.256 e. The van der Waals surface area contributed by atoms with Gasteiger partial charge in [-0.1, -0.05) is 6.07 Å². The second kappa shape index (κ2) is 4.84. The van der Waals surface area contributed by atoms with Crippen LogP contribution in [0.2, 0.25) is 0 Å². The monoisotopic (exact) mass is 345 g/mol. The summed E-state index contributed by atoms with van der Waals surface area (Å²) in [4.78, 5) is 12.3. The molecule has 1 aromatic rings. The highest BCUT2D eigenvalue weighted by atomic mass is 127. The molecule has 0 aromatic heterocycles. The Morgan fingerprint density at radius 3 is 2.71 bits per heavy atom. The Balaban J connectivity index is 2.24. The smallest absolute Gasteiger partial charge is 0.256 e. The summed E-state index contributed by atoms with van der Waals surface area (Å²) < 4.78 is 6.17. The summed E-state index contributed by atoms with van der Waals surface area (Å²) in [6.45, 7) is 2.09. The largest absolute Gasteiger partial charge is 0.496 e. The van der Waals surface area contributed by atoms with Gasteiger partial charge in [0.15, 0.2) is 0 Å². The van der Waals surface area contributed by atoms with E-state index in [2.05, 4.69) is 34.8 Å². The van der Waals surface area contributed by atoms with Crippen molar-refractivity contribution in [1.82, 2.24) is 5.32 Å². The van der Waals surface area contributed by atoms with Crippen LogP contribution >= 0.6 is 22.6 Å². The molecule has 0 atom stereocenters. The van der Waals surface area contributed by atoms with Gasteiger partial charge in [0.1, 0.15) is 5.75 Å². The first-order chi connectivity index (χ1) is 8.06. The molecular formula is C13H16INO2. The lowest BCUT2D eigenvalue weighted by molar-refractivity contribution is 0.0846. The van der Waals surface area contributed by atoms with E-state index in [1.54, 1.807) is 7.11 Å². The van der Waals surface area contributed by atoms with E-state index >= 15 is 0 Å². The van der Waals surface area contributed by atoms with E-state index in [1.807, 2.05) is 18.2 Å². The average Bonchev–Trinajstić information content (AvgIpc) is 2.26.